The van der Waals surface area contributed by atoms with Crippen LogP contribution in [0.1, 0.15) is 153 Å². The second kappa shape index (κ2) is 20.5. The van der Waals surface area contributed by atoms with E-state index in [0.29, 0.717) is 0 Å². The van der Waals surface area contributed by atoms with Crippen LogP contribution in [-0.4, -0.2) is 0 Å². The summed E-state index contributed by atoms with van der Waals surface area (Å²) < 4.78 is 2.80. The van der Waals surface area contributed by atoms with Crippen molar-refractivity contribution in [2.24, 2.45) is 0 Å². The number of hydrogen-bond acceptors (Lipinski definition) is 3. The highest BCUT2D eigenvalue weighted by atomic mass is 32.1. The van der Waals surface area contributed by atoms with Gasteiger partial charge in [-0.1, -0.05) is 142 Å². The van der Waals surface area contributed by atoms with Gasteiger partial charge in [0.05, 0.1) is 0 Å². The van der Waals surface area contributed by atoms with Crippen LogP contribution in [0.15, 0.2) is 59.3 Å². The fraction of sp³-hybridized carbons (Fsp3) is 0.545. The molecule has 0 aliphatic rings. The highest BCUT2D eigenvalue weighted by Crippen LogP contribution is 2.40. The van der Waals surface area contributed by atoms with E-state index in [4.69, 9.17) is 0 Å². The standard InChI is InChI=1S/C44H60S3/c1-3-5-7-9-11-13-15-17-19-21-23-35-29-43(45-33-35)37-25-27-41-39(31-37)40-32-38(26-28-42(40)47-41)44-30-36(34-46-44)24-22-20-18-16-14-12-10-8-6-4-2/h25-34H,3-24H2,1-2H3. The second-order valence-corrected chi connectivity index (χ2v) is 16.9. The quantitative estimate of drug-likeness (QED) is 0.0568. The summed E-state index contributed by atoms with van der Waals surface area (Å²) in [5, 5.41) is 7.63. The van der Waals surface area contributed by atoms with E-state index in [0.717, 1.165) is 0 Å². The van der Waals surface area contributed by atoms with Gasteiger partial charge in [-0.2, -0.15) is 0 Å². The molecule has 0 saturated carbocycles. The van der Waals surface area contributed by atoms with Gasteiger partial charge in [0.2, 0.25) is 0 Å². The molecule has 0 unspecified atom stereocenters. The number of unbranched alkanes of at least 4 members (excludes halogenated alkanes) is 18. The van der Waals surface area contributed by atoms with Gasteiger partial charge in [-0.3, -0.25) is 0 Å². The molecule has 47 heavy (non-hydrogen) atoms. The molecule has 0 atom stereocenters. The molecule has 0 nitrogen and oxygen atoms in total. The zero-order valence-corrected chi connectivity index (χ0v) is 32.0. The van der Waals surface area contributed by atoms with Crippen molar-refractivity contribution in [2.75, 3.05) is 0 Å². The van der Waals surface area contributed by atoms with E-state index >= 15 is 0 Å². The molecule has 5 aromatic rings. The normalized spacial score (nSPS) is 11.8. The predicted octanol–water partition coefficient (Wildman–Crippen LogP) is 16.4. The Morgan fingerprint density at radius 2 is 0.766 bits per heavy atom. The summed E-state index contributed by atoms with van der Waals surface area (Å²) in [5.74, 6) is 0. The molecule has 0 bridgehead atoms. The van der Waals surface area contributed by atoms with Crippen molar-refractivity contribution in [3.05, 3.63) is 70.4 Å². The lowest BCUT2D eigenvalue weighted by molar-refractivity contribution is 0.556. The number of fused-ring (bicyclic) bond motifs is 3. The van der Waals surface area contributed by atoms with Gasteiger partial charge in [-0.15, -0.1) is 34.0 Å². The highest BCUT2D eigenvalue weighted by Gasteiger charge is 2.11. The number of aryl methyl sites for hydroxylation is 2. The summed E-state index contributed by atoms with van der Waals surface area (Å²) in [5.41, 5.74) is 5.79. The van der Waals surface area contributed by atoms with E-state index in [1.54, 1.807) is 0 Å². The molecule has 5 rings (SSSR count). The first-order chi connectivity index (χ1) is 23.2. The van der Waals surface area contributed by atoms with Crippen LogP contribution < -0.4 is 0 Å². The molecule has 0 radical (unpaired) electrons. The minimum atomic E-state index is 1.22. The molecule has 2 aromatic carbocycles. The second-order valence-electron chi connectivity index (χ2n) is 14.0. The third kappa shape index (κ3) is 11.6. The maximum Gasteiger partial charge on any atom is 0.0355 e. The Morgan fingerprint density at radius 3 is 1.15 bits per heavy atom. The summed E-state index contributed by atoms with van der Waals surface area (Å²) in [6, 6.07) is 19.2. The molecular weight excluding hydrogens is 625 g/mol. The molecule has 0 saturated heterocycles. The van der Waals surface area contributed by atoms with Crippen molar-refractivity contribution in [3.63, 3.8) is 0 Å². The first-order valence-corrected chi connectivity index (χ1v) is 21.9. The molecule has 254 valence electrons. The lowest BCUT2D eigenvalue weighted by Crippen LogP contribution is -1.85. The maximum atomic E-state index is 2.46. The largest absolute Gasteiger partial charge is 0.144 e. The smallest absolute Gasteiger partial charge is 0.0355 e. The first kappa shape index (κ1) is 36.3. The van der Waals surface area contributed by atoms with Crippen LogP contribution >= 0.6 is 34.0 Å². The van der Waals surface area contributed by atoms with Crippen molar-refractivity contribution >= 4 is 54.2 Å². The fourth-order valence-electron chi connectivity index (χ4n) is 7.03. The van der Waals surface area contributed by atoms with Gasteiger partial charge in [0, 0.05) is 29.9 Å². The van der Waals surface area contributed by atoms with Gasteiger partial charge in [0.25, 0.3) is 0 Å². The number of benzene rings is 2. The Morgan fingerprint density at radius 1 is 0.404 bits per heavy atom. The monoisotopic (exact) mass is 684 g/mol. The lowest BCUT2D eigenvalue weighted by Gasteiger charge is -2.02. The van der Waals surface area contributed by atoms with Gasteiger partial charge in [0.15, 0.2) is 0 Å². The lowest BCUT2D eigenvalue weighted by atomic mass is 10.0. The van der Waals surface area contributed by atoms with E-state index in [-0.39, 0.29) is 0 Å². The zero-order chi connectivity index (χ0) is 32.5. The minimum Gasteiger partial charge on any atom is -0.144 e. The van der Waals surface area contributed by atoms with Crippen molar-refractivity contribution in [2.45, 2.75) is 155 Å². The Hall–Kier alpha value is -1.94. The van der Waals surface area contributed by atoms with Gasteiger partial charge in [-0.05, 0) is 95.1 Å². The van der Waals surface area contributed by atoms with E-state index < -0.39 is 0 Å². The fourth-order valence-corrected chi connectivity index (χ4v) is 9.99. The molecule has 0 spiro atoms. The van der Waals surface area contributed by atoms with E-state index in [1.807, 2.05) is 34.0 Å². The summed E-state index contributed by atoms with van der Waals surface area (Å²) in [4.78, 5) is 2.83. The van der Waals surface area contributed by atoms with Crippen molar-refractivity contribution in [3.8, 4) is 20.9 Å². The van der Waals surface area contributed by atoms with E-state index in [2.05, 4.69) is 73.1 Å². The summed E-state index contributed by atoms with van der Waals surface area (Å²) in [7, 11) is 0. The van der Waals surface area contributed by atoms with E-state index in [9.17, 15) is 0 Å². The van der Waals surface area contributed by atoms with Crippen LogP contribution in [0.2, 0.25) is 0 Å². The number of thiophene rings is 3. The van der Waals surface area contributed by atoms with Crippen LogP contribution in [0.4, 0.5) is 0 Å². The zero-order valence-electron chi connectivity index (χ0n) is 29.6. The molecule has 0 aliphatic carbocycles. The first-order valence-electron chi connectivity index (χ1n) is 19.4. The number of rotatable bonds is 24. The Bertz CT molecular complexity index is 1460. The molecule has 0 N–H and O–H groups in total. The highest BCUT2D eigenvalue weighted by molar-refractivity contribution is 7.25. The third-order valence-electron chi connectivity index (χ3n) is 9.98. The molecular formula is C44H60S3. The average Bonchev–Trinajstić information content (AvgIpc) is 3.85. The summed E-state index contributed by atoms with van der Waals surface area (Å²) >= 11 is 5.78. The van der Waals surface area contributed by atoms with Crippen LogP contribution in [-0.2, 0) is 12.8 Å². The van der Waals surface area contributed by atoms with Crippen LogP contribution in [0.3, 0.4) is 0 Å². The Balaban J connectivity index is 1.10. The van der Waals surface area contributed by atoms with E-state index in [1.165, 1.54) is 193 Å². The van der Waals surface area contributed by atoms with Gasteiger partial charge in [-0.25, -0.2) is 0 Å². The van der Waals surface area contributed by atoms with Crippen LogP contribution in [0.25, 0.3) is 41.1 Å². The topological polar surface area (TPSA) is 0 Å². The Labute approximate surface area is 299 Å². The van der Waals surface area contributed by atoms with Crippen molar-refractivity contribution < 1.29 is 0 Å². The van der Waals surface area contributed by atoms with Gasteiger partial charge < -0.3 is 0 Å². The Kier molecular flexibility index (Phi) is 15.9. The van der Waals surface area contributed by atoms with Gasteiger partial charge in [0.1, 0.15) is 0 Å². The summed E-state index contributed by atoms with van der Waals surface area (Å²) in [6.45, 7) is 4.60. The summed E-state index contributed by atoms with van der Waals surface area (Å²) in [6.07, 6.45) is 30.5. The molecule has 0 amide bonds. The van der Waals surface area contributed by atoms with Gasteiger partial charge >= 0.3 is 0 Å². The van der Waals surface area contributed by atoms with Crippen LogP contribution in [0.5, 0.6) is 0 Å². The van der Waals surface area contributed by atoms with Crippen molar-refractivity contribution in [1.29, 1.82) is 0 Å². The molecule has 3 heteroatoms. The third-order valence-corrected chi connectivity index (χ3v) is 13.2. The molecule has 0 aliphatic heterocycles. The molecule has 3 aromatic heterocycles. The maximum absolute atomic E-state index is 2.46. The minimum absolute atomic E-state index is 1.22. The average molecular weight is 685 g/mol. The molecule has 3 heterocycles. The SMILES string of the molecule is CCCCCCCCCCCCc1csc(-c2ccc3sc4ccc(-c5cc(CCCCCCCCCCCC)cs5)cc4c3c2)c1. The van der Waals surface area contributed by atoms with Crippen molar-refractivity contribution in [1.82, 2.24) is 0 Å². The van der Waals surface area contributed by atoms with Crippen LogP contribution in [0, 0.1) is 0 Å². The number of hydrogen-bond donors (Lipinski definition) is 0. The predicted molar refractivity (Wildman–Crippen MR) is 217 cm³/mol. The molecule has 0 fully saturated rings.